The lowest BCUT2D eigenvalue weighted by atomic mass is 9.96. The van der Waals surface area contributed by atoms with Crippen molar-refractivity contribution in [3.8, 4) is 51.2 Å². The van der Waals surface area contributed by atoms with Gasteiger partial charge in [-0.25, -0.2) is 0 Å². The van der Waals surface area contributed by atoms with Gasteiger partial charge >= 0.3 is 0 Å². The first-order valence-corrected chi connectivity index (χ1v) is 14.2. The standard InChI is InChI=1S/C37H26N4O2/c1-23-21-27(17-19-29(23)35-38-39-36(42-35)33-15-7-11-25-9-3-5-13-31(25)33)28-18-20-30(24(2)22-28)37-40-41(43-37)34-16-8-12-26-10-4-6-14-32(26)34/h3-22H,1-2H3. The second-order valence-corrected chi connectivity index (χ2v) is 10.8. The summed E-state index contributed by atoms with van der Waals surface area (Å²) in [6.07, 6.45) is 0. The Labute approximate surface area is 247 Å². The van der Waals surface area contributed by atoms with E-state index >= 15 is 0 Å². The van der Waals surface area contributed by atoms with Gasteiger partial charge < -0.3 is 8.94 Å². The molecule has 0 N–H and O–H groups in total. The average molecular weight is 559 g/mol. The quantitative estimate of drug-likeness (QED) is 0.210. The molecule has 0 amide bonds. The van der Waals surface area contributed by atoms with E-state index in [9.17, 15) is 0 Å². The number of fused-ring (bicyclic) bond motifs is 2. The van der Waals surface area contributed by atoms with E-state index in [2.05, 4.69) is 102 Å². The zero-order valence-corrected chi connectivity index (χ0v) is 23.7. The summed E-state index contributed by atoms with van der Waals surface area (Å²) in [4.78, 5) is 1.59. The number of benzene rings is 6. The van der Waals surface area contributed by atoms with Gasteiger partial charge in [-0.15, -0.1) is 10.2 Å². The molecule has 0 aliphatic carbocycles. The number of hydrogen-bond acceptors (Lipinski definition) is 5. The smallest absolute Gasteiger partial charge is 0.276 e. The molecular weight excluding hydrogens is 532 g/mol. The van der Waals surface area contributed by atoms with Gasteiger partial charge in [-0.1, -0.05) is 107 Å². The summed E-state index contributed by atoms with van der Waals surface area (Å²) in [7, 11) is 0. The van der Waals surface area contributed by atoms with Crippen molar-refractivity contribution < 1.29 is 8.94 Å². The molecule has 6 nitrogen and oxygen atoms in total. The monoisotopic (exact) mass is 558 g/mol. The van der Waals surface area contributed by atoms with E-state index in [4.69, 9.17) is 8.94 Å². The topological polar surface area (TPSA) is 69.9 Å². The first-order chi connectivity index (χ1) is 21.1. The first-order valence-electron chi connectivity index (χ1n) is 14.2. The van der Waals surface area contributed by atoms with Crippen LogP contribution in [0.3, 0.4) is 0 Å². The highest BCUT2D eigenvalue weighted by Gasteiger charge is 2.18. The molecule has 0 spiro atoms. The van der Waals surface area contributed by atoms with Crippen molar-refractivity contribution in [3.05, 3.63) is 132 Å². The van der Waals surface area contributed by atoms with Gasteiger partial charge in [-0.3, -0.25) is 0 Å². The van der Waals surface area contributed by atoms with Crippen molar-refractivity contribution >= 4 is 21.5 Å². The minimum Gasteiger partial charge on any atom is -0.416 e. The predicted molar refractivity (Wildman–Crippen MR) is 170 cm³/mol. The predicted octanol–water partition coefficient (Wildman–Crippen LogP) is 9.44. The molecule has 43 heavy (non-hydrogen) atoms. The van der Waals surface area contributed by atoms with Gasteiger partial charge in [0.1, 0.15) is 5.69 Å². The second-order valence-electron chi connectivity index (χ2n) is 10.8. The van der Waals surface area contributed by atoms with Gasteiger partial charge in [0.05, 0.1) is 0 Å². The number of rotatable bonds is 5. The highest BCUT2D eigenvalue weighted by atomic mass is 16.5. The highest BCUT2D eigenvalue weighted by molar-refractivity contribution is 5.94. The van der Waals surface area contributed by atoms with Crippen molar-refractivity contribution in [2.24, 2.45) is 0 Å². The summed E-state index contributed by atoms with van der Waals surface area (Å²) in [5.41, 5.74) is 8.13. The van der Waals surface area contributed by atoms with Crippen LogP contribution in [-0.2, 0) is 0 Å². The molecule has 0 bridgehead atoms. The molecule has 8 rings (SSSR count). The fourth-order valence-electron chi connectivity index (χ4n) is 5.77. The Bertz CT molecular complexity index is 2270. The van der Waals surface area contributed by atoms with Crippen LogP contribution in [0.4, 0.5) is 0 Å². The highest BCUT2D eigenvalue weighted by Crippen LogP contribution is 2.34. The molecule has 206 valence electrons. The van der Waals surface area contributed by atoms with Crippen molar-refractivity contribution in [2.75, 3.05) is 0 Å². The molecule has 0 saturated carbocycles. The molecule has 6 aromatic carbocycles. The maximum atomic E-state index is 6.18. The number of aryl methyl sites for hydroxylation is 2. The molecule has 0 saturated heterocycles. The van der Waals surface area contributed by atoms with Crippen molar-refractivity contribution in [1.82, 2.24) is 20.2 Å². The molecule has 0 unspecified atom stereocenters. The van der Waals surface area contributed by atoms with Crippen LogP contribution in [0.15, 0.2) is 130 Å². The summed E-state index contributed by atoms with van der Waals surface area (Å²) >= 11 is 0. The van der Waals surface area contributed by atoms with E-state index in [1.807, 2.05) is 48.5 Å². The second kappa shape index (κ2) is 9.96. The van der Waals surface area contributed by atoms with Gasteiger partial charge in [0.15, 0.2) is 0 Å². The zero-order valence-electron chi connectivity index (χ0n) is 23.7. The van der Waals surface area contributed by atoms with Crippen LogP contribution < -0.4 is 0 Å². The summed E-state index contributed by atoms with van der Waals surface area (Å²) in [5.74, 6) is 1.64. The molecule has 0 aliphatic rings. The third-order valence-electron chi connectivity index (χ3n) is 8.02. The van der Waals surface area contributed by atoms with Crippen molar-refractivity contribution in [3.63, 3.8) is 0 Å². The molecule has 2 heterocycles. The Morgan fingerprint density at radius 2 is 1.05 bits per heavy atom. The molecule has 8 aromatic rings. The van der Waals surface area contributed by atoms with Crippen LogP contribution in [0.2, 0.25) is 0 Å². The minimum absolute atomic E-state index is 0.509. The molecule has 2 aromatic heterocycles. The molecular formula is C37H26N4O2. The van der Waals surface area contributed by atoms with Gasteiger partial charge in [-0.05, 0) is 76.5 Å². The molecule has 0 radical (unpaired) electrons. The summed E-state index contributed by atoms with van der Waals surface area (Å²) in [6.45, 7) is 4.15. The van der Waals surface area contributed by atoms with Crippen molar-refractivity contribution in [1.29, 1.82) is 0 Å². The molecule has 0 fully saturated rings. The number of nitrogens with zero attached hydrogens (tertiary/aromatic N) is 4. The number of hydrogen-bond donors (Lipinski definition) is 0. The average Bonchev–Trinajstić information content (AvgIpc) is 3.50. The number of aromatic nitrogens is 4. The van der Waals surface area contributed by atoms with Crippen LogP contribution in [0.25, 0.3) is 72.7 Å². The summed E-state index contributed by atoms with van der Waals surface area (Å²) in [5, 5.41) is 17.9. The SMILES string of the molecule is Cc1cc(-c2ccc(-c3nn(-c4cccc5ccccc45)o3)c(C)c2)ccc1-c1nnc(-c2cccc3ccccc23)o1. The fraction of sp³-hybridized carbons (Fsp3) is 0.0541. The Morgan fingerprint density at radius 3 is 1.72 bits per heavy atom. The normalized spacial score (nSPS) is 11.5. The third-order valence-corrected chi connectivity index (χ3v) is 8.02. The van der Waals surface area contributed by atoms with Crippen LogP contribution in [0, 0.1) is 13.8 Å². The maximum absolute atomic E-state index is 6.18. The van der Waals surface area contributed by atoms with E-state index in [0.717, 1.165) is 66.2 Å². The van der Waals surface area contributed by atoms with E-state index in [1.54, 1.807) is 4.85 Å². The van der Waals surface area contributed by atoms with Crippen molar-refractivity contribution in [2.45, 2.75) is 13.8 Å². The van der Waals surface area contributed by atoms with Crippen LogP contribution in [-0.4, -0.2) is 20.2 Å². The van der Waals surface area contributed by atoms with Gasteiger partial charge in [0, 0.05) is 22.1 Å². The lowest BCUT2D eigenvalue weighted by Gasteiger charge is -2.15. The van der Waals surface area contributed by atoms with E-state index < -0.39 is 0 Å². The van der Waals surface area contributed by atoms with E-state index in [0.29, 0.717) is 17.7 Å². The lowest BCUT2D eigenvalue weighted by Crippen LogP contribution is -2.09. The Kier molecular flexibility index (Phi) is 5.79. The summed E-state index contributed by atoms with van der Waals surface area (Å²) in [6, 6.07) is 41.3. The maximum Gasteiger partial charge on any atom is 0.276 e. The molecule has 0 atom stereocenters. The van der Waals surface area contributed by atoms with Gasteiger partial charge in [0.25, 0.3) is 5.89 Å². The van der Waals surface area contributed by atoms with E-state index in [-0.39, 0.29) is 0 Å². The third kappa shape index (κ3) is 4.32. The minimum atomic E-state index is 0.509. The Morgan fingerprint density at radius 1 is 0.512 bits per heavy atom. The Balaban J connectivity index is 1.06. The zero-order chi connectivity index (χ0) is 28.9. The van der Waals surface area contributed by atoms with E-state index in [1.165, 1.54) is 0 Å². The van der Waals surface area contributed by atoms with Crippen LogP contribution in [0.1, 0.15) is 11.1 Å². The fourth-order valence-corrected chi connectivity index (χ4v) is 5.77. The Hall–Kier alpha value is -5.75. The first kappa shape index (κ1) is 25.0. The molecule has 6 heteroatoms. The van der Waals surface area contributed by atoms with Gasteiger partial charge in [-0.2, -0.15) is 0 Å². The largest absolute Gasteiger partial charge is 0.416 e. The molecule has 0 aliphatic heterocycles. The lowest BCUT2D eigenvalue weighted by molar-refractivity contribution is 0.226. The van der Waals surface area contributed by atoms with Crippen LogP contribution >= 0.6 is 0 Å². The summed E-state index contributed by atoms with van der Waals surface area (Å²) < 4.78 is 12.2. The van der Waals surface area contributed by atoms with Crippen LogP contribution in [0.5, 0.6) is 0 Å². The van der Waals surface area contributed by atoms with Gasteiger partial charge in [0.2, 0.25) is 11.8 Å².